The number of hydrogen-bond acceptors (Lipinski definition) is 3. The third kappa shape index (κ3) is 2.50. The summed E-state index contributed by atoms with van der Waals surface area (Å²) in [6.45, 7) is 7.24. The molecule has 0 aliphatic heterocycles. The summed E-state index contributed by atoms with van der Waals surface area (Å²) < 4.78 is 4.74. The van der Waals surface area contributed by atoms with Crippen molar-refractivity contribution in [1.82, 2.24) is 0 Å². The molecule has 0 saturated carbocycles. The molecular formula is C14H20O3. The van der Waals surface area contributed by atoms with Crippen molar-refractivity contribution in [2.75, 3.05) is 7.11 Å². The van der Waals surface area contributed by atoms with Gasteiger partial charge < -0.3 is 9.84 Å². The maximum Gasteiger partial charge on any atom is 0.314 e. The highest BCUT2D eigenvalue weighted by atomic mass is 16.5. The highest BCUT2D eigenvalue weighted by Gasteiger charge is 2.38. The van der Waals surface area contributed by atoms with E-state index in [2.05, 4.69) is 0 Å². The Labute approximate surface area is 102 Å². The van der Waals surface area contributed by atoms with E-state index in [1.807, 2.05) is 32.0 Å². The predicted octanol–water partition coefficient (Wildman–Crippen LogP) is 2.54. The van der Waals surface area contributed by atoms with Gasteiger partial charge in [-0.05, 0) is 44.4 Å². The van der Waals surface area contributed by atoms with E-state index in [9.17, 15) is 9.90 Å². The number of carbonyl (C=O) groups excluding carboxylic acids is 1. The van der Waals surface area contributed by atoms with Crippen LogP contribution in [0.15, 0.2) is 18.2 Å². The Morgan fingerprint density at radius 2 is 1.76 bits per heavy atom. The van der Waals surface area contributed by atoms with Gasteiger partial charge in [0.25, 0.3) is 0 Å². The van der Waals surface area contributed by atoms with E-state index < -0.39 is 17.5 Å². The van der Waals surface area contributed by atoms with Gasteiger partial charge in [-0.25, -0.2) is 0 Å². The lowest BCUT2D eigenvalue weighted by molar-refractivity contribution is -0.157. The van der Waals surface area contributed by atoms with E-state index in [1.165, 1.54) is 7.11 Å². The Morgan fingerprint density at radius 1 is 1.29 bits per heavy atom. The normalized spacial score (nSPS) is 13.3. The molecule has 0 aromatic heterocycles. The molecule has 0 heterocycles. The van der Waals surface area contributed by atoms with Crippen molar-refractivity contribution in [3.8, 4) is 0 Å². The summed E-state index contributed by atoms with van der Waals surface area (Å²) >= 11 is 0. The first kappa shape index (κ1) is 13.7. The van der Waals surface area contributed by atoms with Gasteiger partial charge in [-0.15, -0.1) is 0 Å². The van der Waals surface area contributed by atoms with Crippen LogP contribution in [0, 0.1) is 19.3 Å². The van der Waals surface area contributed by atoms with Gasteiger partial charge in [-0.2, -0.15) is 0 Å². The van der Waals surface area contributed by atoms with E-state index >= 15 is 0 Å². The van der Waals surface area contributed by atoms with Crippen LogP contribution in [0.4, 0.5) is 0 Å². The first-order valence-corrected chi connectivity index (χ1v) is 5.65. The molecule has 0 radical (unpaired) electrons. The molecule has 1 atom stereocenters. The second-order valence-corrected chi connectivity index (χ2v) is 4.92. The molecule has 3 heteroatoms. The van der Waals surface area contributed by atoms with Crippen molar-refractivity contribution in [1.29, 1.82) is 0 Å². The fourth-order valence-electron chi connectivity index (χ4n) is 1.99. The van der Waals surface area contributed by atoms with Crippen LogP contribution in [0.25, 0.3) is 0 Å². The molecule has 94 valence electrons. The number of methoxy groups -OCH3 is 1. The van der Waals surface area contributed by atoms with E-state index in [-0.39, 0.29) is 0 Å². The van der Waals surface area contributed by atoms with E-state index in [0.717, 1.165) is 16.7 Å². The highest BCUT2D eigenvalue weighted by molar-refractivity contribution is 5.77. The number of hydrogen-bond donors (Lipinski definition) is 1. The Balaban J connectivity index is 3.21. The fraction of sp³-hybridized carbons (Fsp3) is 0.500. The predicted molar refractivity (Wildman–Crippen MR) is 66.7 cm³/mol. The van der Waals surface area contributed by atoms with Gasteiger partial charge in [0.2, 0.25) is 0 Å². The minimum Gasteiger partial charge on any atom is -0.469 e. The quantitative estimate of drug-likeness (QED) is 0.820. The average Bonchev–Trinajstić information content (AvgIpc) is 2.27. The first-order chi connectivity index (χ1) is 7.82. The standard InChI is InChI=1S/C14H20O3/c1-9-7-6-8-10(2)11(9)12(15)14(3,4)13(16)17-5/h6-8,12,15H,1-5H3. The second-order valence-electron chi connectivity index (χ2n) is 4.92. The van der Waals surface area contributed by atoms with Gasteiger partial charge in [0.1, 0.15) is 0 Å². The number of aliphatic hydroxyl groups excluding tert-OH is 1. The number of ether oxygens (including phenoxy) is 1. The van der Waals surface area contributed by atoms with Crippen molar-refractivity contribution in [3.05, 3.63) is 34.9 Å². The largest absolute Gasteiger partial charge is 0.469 e. The molecule has 0 fully saturated rings. The third-order valence-electron chi connectivity index (χ3n) is 3.21. The topological polar surface area (TPSA) is 46.5 Å². The monoisotopic (exact) mass is 236 g/mol. The molecule has 1 N–H and O–H groups in total. The number of rotatable bonds is 3. The number of aryl methyl sites for hydroxylation is 2. The van der Waals surface area contributed by atoms with Gasteiger partial charge >= 0.3 is 5.97 Å². The smallest absolute Gasteiger partial charge is 0.314 e. The summed E-state index contributed by atoms with van der Waals surface area (Å²) in [5.41, 5.74) is 1.82. The number of aliphatic hydroxyl groups is 1. The van der Waals surface area contributed by atoms with Crippen molar-refractivity contribution in [3.63, 3.8) is 0 Å². The second kappa shape index (κ2) is 4.88. The lowest BCUT2D eigenvalue weighted by atomic mass is 9.80. The van der Waals surface area contributed by atoms with Crippen LogP contribution in [0.3, 0.4) is 0 Å². The molecule has 1 unspecified atom stereocenters. The van der Waals surface area contributed by atoms with E-state index in [0.29, 0.717) is 0 Å². The SMILES string of the molecule is COC(=O)C(C)(C)C(O)c1c(C)cccc1C. The first-order valence-electron chi connectivity index (χ1n) is 5.65. The third-order valence-corrected chi connectivity index (χ3v) is 3.21. The van der Waals surface area contributed by atoms with Crippen LogP contribution in [0.5, 0.6) is 0 Å². The molecule has 0 spiro atoms. The maximum absolute atomic E-state index is 11.7. The molecule has 1 aromatic rings. The molecule has 1 rings (SSSR count). The van der Waals surface area contributed by atoms with Gasteiger partial charge in [0.05, 0.1) is 18.6 Å². The molecule has 0 bridgehead atoms. The number of benzene rings is 1. The van der Waals surface area contributed by atoms with Gasteiger partial charge in [0, 0.05) is 0 Å². The average molecular weight is 236 g/mol. The van der Waals surface area contributed by atoms with Crippen LogP contribution < -0.4 is 0 Å². The van der Waals surface area contributed by atoms with Crippen LogP contribution in [-0.4, -0.2) is 18.2 Å². The number of esters is 1. The molecule has 3 nitrogen and oxygen atoms in total. The van der Waals surface area contributed by atoms with E-state index in [1.54, 1.807) is 13.8 Å². The molecule has 0 amide bonds. The summed E-state index contributed by atoms with van der Waals surface area (Å²) in [5.74, 6) is -0.410. The molecule has 1 aromatic carbocycles. The van der Waals surface area contributed by atoms with Crippen LogP contribution in [-0.2, 0) is 9.53 Å². The molecule has 0 aliphatic rings. The van der Waals surface area contributed by atoms with Gasteiger partial charge in [-0.1, -0.05) is 18.2 Å². The van der Waals surface area contributed by atoms with Crippen LogP contribution >= 0.6 is 0 Å². The Kier molecular flexibility index (Phi) is 3.94. The molecule has 0 saturated heterocycles. The lowest BCUT2D eigenvalue weighted by Crippen LogP contribution is -2.33. The molecule has 17 heavy (non-hydrogen) atoms. The fourth-order valence-corrected chi connectivity index (χ4v) is 1.99. The molecule has 0 aliphatic carbocycles. The summed E-state index contributed by atoms with van der Waals surface area (Å²) in [6, 6.07) is 5.80. The minimum atomic E-state index is -0.953. The summed E-state index contributed by atoms with van der Waals surface area (Å²) in [4.78, 5) is 11.7. The van der Waals surface area contributed by atoms with Gasteiger partial charge in [0.15, 0.2) is 0 Å². The molecular weight excluding hydrogens is 216 g/mol. The number of carbonyl (C=O) groups is 1. The summed E-state index contributed by atoms with van der Waals surface area (Å²) in [6.07, 6.45) is -0.865. The van der Waals surface area contributed by atoms with Crippen molar-refractivity contribution in [2.45, 2.75) is 33.8 Å². The van der Waals surface area contributed by atoms with E-state index in [4.69, 9.17) is 4.74 Å². The zero-order valence-electron chi connectivity index (χ0n) is 11.1. The summed E-state index contributed by atoms with van der Waals surface area (Å²) in [7, 11) is 1.33. The van der Waals surface area contributed by atoms with Crippen molar-refractivity contribution in [2.24, 2.45) is 5.41 Å². The highest BCUT2D eigenvalue weighted by Crippen LogP contribution is 2.37. The minimum absolute atomic E-state index is 0.410. The Morgan fingerprint density at radius 3 is 2.18 bits per heavy atom. The zero-order valence-corrected chi connectivity index (χ0v) is 11.1. The maximum atomic E-state index is 11.7. The summed E-state index contributed by atoms with van der Waals surface area (Å²) in [5, 5.41) is 10.4. The zero-order chi connectivity index (χ0) is 13.2. The van der Waals surface area contributed by atoms with Crippen molar-refractivity contribution < 1.29 is 14.6 Å². The van der Waals surface area contributed by atoms with Crippen molar-refractivity contribution >= 4 is 5.97 Å². The van der Waals surface area contributed by atoms with Gasteiger partial charge in [-0.3, -0.25) is 4.79 Å². The van der Waals surface area contributed by atoms with Crippen LogP contribution in [0.1, 0.15) is 36.6 Å². The Hall–Kier alpha value is -1.35. The Bertz CT molecular complexity index is 401. The lowest BCUT2D eigenvalue weighted by Gasteiger charge is -2.29. The van der Waals surface area contributed by atoms with Crippen LogP contribution in [0.2, 0.25) is 0 Å².